The normalized spacial score (nSPS) is 13.2. The van der Waals surface area contributed by atoms with Gasteiger partial charge in [-0.1, -0.05) is 38.1 Å². The van der Waals surface area contributed by atoms with Crippen LogP contribution >= 0.6 is 0 Å². The molecule has 1 unspecified atom stereocenters. The van der Waals surface area contributed by atoms with E-state index >= 15 is 0 Å². The van der Waals surface area contributed by atoms with Crippen molar-refractivity contribution in [3.63, 3.8) is 0 Å². The largest absolute Gasteiger partial charge is 0.494 e. The van der Waals surface area contributed by atoms with E-state index in [0.29, 0.717) is 18.3 Å². The maximum absolute atomic E-state index is 6.12. The number of nitrogens with two attached hydrogens (primary N) is 1. The molecule has 2 rings (SSSR count). The molecule has 20 heavy (non-hydrogen) atoms. The van der Waals surface area contributed by atoms with Gasteiger partial charge in [0, 0.05) is 5.56 Å². The lowest BCUT2D eigenvalue weighted by Gasteiger charge is -2.23. The van der Waals surface area contributed by atoms with Crippen molar-refractivity contribution in [3.8, 4) is 17.1 Å². The molecular formula is C15H21N3O2. The van der Waals surface area contributed by atoms with Crippen molar-refractivity contribution in [2.75, 3.05) is 6.61 Å². The summed E-state index contributed by atoms with van der Waals surface area (Å²) in [4.78, 5) is 4.39. The van der Waals surface area contributed by atoms with Gasteiger partial charge >= 0.3 is 0 Å². The lowest BCUT2D eigenvalue weighted by molar-refractivity contribution is 0.253. The minimum atomic E-state index is -0.293. The highest BCUT2D eigenvalue weighted by atomic mass is 16.5. The molecule has 1 aromatic heterocycles. The van der Waals surface area contributed by atoms with E-state index in [9.17, 15) is 0 Å². The summed E-state index contributed by atoms with van der Waals surface area (Å²) in [5.74, 6) is 1.77. The Bertz CT molecular complexity index is 572. The number of hydrogen-bond donors (Lipinski definition) is 1. The molecule has 2 N–H and O–H groups in total. The molecule has 0 spiro atoms. The fraction of sp³-hybridized carbons (Fsp3) is 0.467. The summed E-state index contributed by atoms with van der Waals surface area (Å²) in [6.45, 7) is 8.68. The van der Waals surface area contributed by atoms with Crippen LogP contribution < -0.4 is 10.5 Å². The fourth-order valence-electron chi connectivity index (χ4n) is 1.74. The zero-order valence-electron chi connectivity index (χ0n) is 12.4. The molecule has 108 valence electrons. The molecule has 0 aliphatic rings. The van der Waals surface area contributed by atoms with Gasteiger partial charge in [-0.3, -0.25) is 0 Å². The van der Waals surface area contributed by atoms with Crippen molar-refractivity contribution in [1.29, 1.82) is 0 Å². The smallest absolute Gasteiger partial charge is 0.244 e. The SMILES string of the molecule is CCOc1cccc(-c2noc(C(N)C(C)(C)C)n2)c1. The molecule has 0 aliphatic carbocycles. The summed E-state index contributed by atoms with van der Waals surface area (Å²) in [5, 5.41) is 4.00. The van der Waals surface area contributed by atoms with Crippen LogP contribution in [0.1, 0.15) is 39.6 Å². The summed E-state index contributed by atoms with van der Waals surface area (Å²) in [5.41, 5.74) is 6.85. The van der Waals surface area contributed by atoms with Gasteiger partial charge in [0.15, 0.2) is 0 Å². The first-order chi connectivity index (χ1) is 9.41. The minimum absolute atomic E-state index is 0.128. The van der Waals surface area contributed by atoms with Crippen molar-refractivity contribution in [2.24, 2.45) is 11.1 Å². The lowest BCUT2D eigenvalue weighted by Crippen LogP contribution is -2.26. The van der Waals surface area contributed by atoms with Crippen LogP contribution in [-0.4, -0.2) is 16.7 Å². The lowest BCUT2D eigenvalue weighted by atomic mass is 9.87. The number of ether oxygens (including phenoxy) is 1. The van der Waals surface area contributed by atoms with Gasteiger partial charge in [0.2, 0.25) is 11.7 Å². The van der Waals surface area contributed by atoms with Crippen LogP contribution in [0.25, 0.3) is 11.4 Å². The van der Waals surface area contributed by atoms with E-state index < -0.39 is 0 Å². The van der Waals surface area contributed by atoms with Crippen LogP contribution in [0, 0.1) is 5.41 Å². The first kappa shape index (κ1) is 14.5. The fourth-order valence-corrected chi connectivity index (χ4v) is 1.74. The average Bonchev–Trinajstić information content (AvgIpc) is 2.87. The van der Waals surface area contributed by atoms with E-state index in [1.807, 2.05) is 52.0 Å². The number of hydrogen-bond acceptors (Lipinski definition) is 5. The first-order valence-electron chi connectivity index (χ1n) is 6.74. The Morgan fingerprint density at radius 2 is 2.10 bits per heavy atom. The molecule has 0 amide bonds. The Labute approximate surface area is 119 Å². The van der Waals surface area contributed by atoms with Gasteiger partial charge in [-0.15, -0.1) is 0 Å². The molecule has 5 heteroatoms. The topological polar surface area (TPSA) is 74.2 Å². The standard InChI is InChI=1S/C15H21N3O2/c1-5-19-11-8-6-7-10(9-11)13-17-14(20-18-13)12(16)15(2,3)4/h6-9,12H,5,16H2,1-4H3. The van der Waals surface area contributed by atoms with Crippen molar-refractivity contribution >= 4 is 0 Å². The highest BCUT2D eigenvalue weighted by molar-refractivity contribution is 5.56. The van der Waals surface area contributed by atoms with Crippen LogP contribution in [0.5, 0.6) is 5.75 Å². The molecule has 1 aromatic carbocycles. The van der Waals surface area contributed by atoms with E-state index in [2.05, 4.69) is 10.1 Å². The van der Waals surface area contributed by atoms with Crippen LogP contribution in [0.4, 0.5) is 0 Å². The highest BCUT2D eigenvalue weighted by Crippen LogP contribution is 2.30. The molecule has 2 aromatic rings. The zero-order valence-corrected chi connectivity index (χ0v) is 12.4. The molecule has 5 nitrogen and oxygen atoms in total. The van der Waals surface area contributed by atoms with Crippen molar-refractivity contribution in [1.82, 2.24) is 10.1 Å². The van der Waals surface area contributed by atoms with Gasteiger partial charge in [-0.25, -0.2) is 0 Å². The molecule has 0 saturated carbocycles. The minimum Gasteiger partial charge on any atom is -0.494 e. The zero-order chi connectivity index (χ0) is 14.8. The van der Waals surface area contributed by atoms with Crippen molar-refractivity contribution in [3.05, 3.63) is 30.2 Å². The predicted molar refractivity (Wildman–Crippen MR) is 77.3 cm³/mol. The number of nitrogens with zero attached hydrogens (tertiary/aromatic N) is 2. The Morgan fingerprint density at radius 1 is 1.35 bits per heavy atom. The molecular weight excluding hydrogens is 254 g/mol. The Hall–Kier alpha value is -1.88. The first-order valence-corrected chi connectivity index (χ1v) is 6.74. The van der Waals surface area contributed by atoms with Crippen LogP contribution in [0.15, 0.2) is 28.8 Å². The Balaban J connectivity index is 2.27. The number of benzene rings is 1. The van der Waals surface area contributed by atoms with Crippen LogP contribution in [-0.2, 0) is 0 Å². The third-order valence-electron chi connectivity index (χ3n) is 3.04. The van der Waals surface area contributed by atoms with Crippen molar-refractivity contribution < 1.29 is 9.26 Å². The second-order valence-corrected chi connectivity index (χ2v) is 5.76. The third kappa shape index (κ3) is 3.17. The van der Waals surface area contributed by atoms with E-state index in [1.54, 1.807) is 0 Å². The van der Waals surface area contributed by atoms with Gasteiger partial charge in [0.05, 0.1) is 12.6 Å². The number of aromatic nitrogens is 2. The van der Waals surface area contributed by atoms with Gasteiger partial charge in [0.1, 0.15) is 5.75 Å². The van der Waals surface area contributed by atoms with Crippen LogP contribution in [0.3, 0.4) is 0 Å². The maximum Gasteiger partial charge on any atom is 0.244 e. The average molecular weight is 275 g/mol. The van der Waals surface area contributed by atoms with Gasteiger partial charge in [-0.2, -0.15) is 4.98 Å². The van der Waals surface area contributed by atoms with Gasteiger partial charge in [-0.05, 0) is 24.5 Å². The van der Waals surface area contributed by atoms with Crippen molar-refractivity contribution in [2.45, 2.75) is 33.7 Å². The van der Waals surface area contributed by atoms with Crippen LogP contribution in [0.2, 0.25) is 0 Å². The summed E-state index contributed by atoms with van der Waals surface area (Å²) < 4.78 is 10.7. The van der Waals surface area contributed by atoms with Gasteiger partial charge in [0.25, 0.3) is 0 Å². The second kappa shape index (κ2) is 5.63. The molecule has 0 saturated heterocycles. The molecule has 0 bridgehead atoms. The third-order valence-corrected chi connectivity index (χ3v) is 3.04. The molecule has 1 atom stereocenters. The maximum atomic E-state index is 6.12. The number of rotatable bonds is 4. The highest BCUT2D eigenvalue weighted by Gasteiger charge is 2.27. The second-order valence-electron chi connectivity index (χ2n) is 5.76. The molecule has 0 radical (unpaired) electrons. The summed E-state index contributed by atoms with van der Waals surface area (Å²) in [7, 11) is 0. The Kier molecular flexibility index (Phi) is 4.09. The molecule has 1 heterocycles. The Morgan fingerprint density at radius 3 is 2.75 bits per heavy atom. The van der Waals surface area contributed by atoms with E-state index in [4.69, 9.17) is 15.0 Å². The summed E-state index contributed by atoms with van der Waals surface area (Å²) >= 11 is 0. The molecule has 0 aliphatic heterocycles. The van der Waals surface area contributed by atoms with E-state index in [-0.39, 0.29) is 11.5 Å². The monoisotopic (exact) mass is 275 g/mol. The van der Waals surface area contributed by atoms with E-state index in [1.165, 1.54) is 0 Å². The quantitative estimate of drug-likeness (QED) is 0.927. The summed E-state index contributed by atoms with van der Waals surface area (Å²) in [6.07, 6.45) is 0. The molecule has 0 fully saturated rings. The summed E-state index contributed by atoms with van der Waals surface area (Å²) in [6, 6.07) is 7.31. The van der Waals surface area contributed by atoms with E-state index in [0.717, 1.165) is 11.3 Å². The van der Waals surface area contributed by atoms with Gasteiger partial charge < -0.3 is 15.0 Å². The predicted octanol–water partition coefficient (Wildman–Crippen LogP) is 3.18.